The lowest BCUT2D eigenvalue weighted by Gasteiger charge is -2.33. The molecule has 0 aromatic heterocycles. The third kappa shape index (κ3) is 6.37. The van der Waals surface area contributed by atoms with Gasteiger partial charge >= 0.3 is 0 Å². The van der Waals surface area contributed by atoms with Crippen molar-refractivity contribution < 1.29 is 18.0 Å². The number of halogens is 2. The van der Waals surface area contributed by atoms with Crippen LogP contribution in [-0.4, -0.2) is 44.8 Å². The molecule has 0 heterocycles. The summed E-state index contributed by atoms with van der Waals surface area (Å²) in [6, 6.07) is 20.2. The zero-order chi connectivity index (χ0) is 26.3. The molecule has 3 aromatic rings. The van der Waals surface area contributed by atoms with Crippen LogP contribution < -0.4 is 9.62 Å². The van der Waals surface area contributed by atoms with Crippen LogP contribution in [0.2, 0.25) is 10.0 Å². The van der Waals surface area contributed by atoms with Gasteiger partial charge in [0.2, 0.25) is 11.8 Å². The molecule has 190 valence electrons. The third-order valence-electron chi connectivity index (χ3n) is 5.64. The molecule has 3 rings (SSSR count). The Labute approximate surface area is 221 Å². The summed E-state index contributed by atoms with van der Waals surface area (Å²) in [5.74, 6) is -0.928. The minimum absolute atomic E-state index is 0.0220. The van der Waals surface area contributed by atoms with Crippen LogP contribution in [0.25, 0.3) is 0 Å². The maximum atomic E-state index is 13.8. The Kier molecular flexibility index (Phi) is 9.37. The molecule has 0 aliphatic heterocycles. The summed E-state index contributed by atoms with van der Waals surface area (Å²) >= 11 is 12.5. The molecule has 0 aliphatic carbocycles. The number of benzene rings is 3. The van der Waals surface area contributed by atoms with E-state index in [-0.39, 0.29) is 23.0 Å². The number of carbonyl (C=O) groups excluding carboxylic acids is 2. The minimum Gasteiger partial charge on any atom is -0.357 e. The lowest BCUT2D eigenvalue weighted by Crippen LogP contribution is -2.51. The van der Waals surface area contributed by atoms with Gasteiger partial charge in [0.05, 0.1) is 10.6 Å². The van der Waals surface area contributed by atoms with Gasteiger partial charge in [-0.05, 0) is 48.4 Å². The predicted octanol–water partition coefficient (Wildman–Crippen LogP) is 4.74. The first kappa shape index (κ1) is 27.5. The molecule has 0 spiro atoms. The molecule has 0 fully saturated rings. The molecule has 0 radical (unpaired) electrons. The summed E-state index contributed by atoms with van der Waals surface area (Å²) in [6.45, 7) is 1.26. The van der Waals surface area contributed by atoms with E-state index in [0.29, 0.717) is 22.0 Å². The van der Waals surface area contributed by atoms with Crippen LogP contribution in [0.4, 0.5) is 5.69 Å². The maximum absolute atomic E-state index is 13.8. The summed E-state index contributed by atoms with van der Waals surface area (Å²) in [6.07, 6.45) is 0.318. The van der Waals surface area contributed by atoms with Gasteiger partial charge in [0.1, 0.15) is 12.6 Å². The number of hydrogen-bond donors (Lipinski definition) is 1. The molecule has 0 bridgehead atoms. The van der Waals surface area contributed by atoms with E-state index >= 15 is 0 Å². The minimum atomic E-state index is -4.14. The Morgan fingerprint density at radius 1 is 0.944 bits per heavy atom. The summed E-state index contributed by atoms with van der Waals surface area (Å²) in [7, 11) is -2.65. The highest BCUT2D eigenvalue weighted by atomic mass is 35.5. The van der Waals surface area contributed by atoms with Gasteiger partial charge in [-0.1, -0.05) is 72.6 Å². The summed E-state index contributed by atoms with van der Waals surface area (Å²) in [5.41, 5.74) is 0.862. The van der Waals surface area contributed by atoms with E-state index in [1.165, 1.54) is 30.1 Å². The molecular weight excluding hydrogens is 521 g/mol. The third-order valence-corrected chi connectivity index (χ3v) is 8.03. The average molecular weight is 548 g/mol. The topological polar surface area (TPSA) is 86.8 Å². The first-order valence-corrected chi connectivity index (χ1v) is 13.5. The summed E-state index contributed by atoms with van der Waals surface area (Å²) in [4.78, 5) is 27.9. The molecule has 10 heteroatoms. The Hall–Kier alpha value is -3.07. The van der Waals surface area contributed by atoms with Crippen LogP contribution in [-0.2, 0) is 26.2 Å². The van der Waals surface area contributed by atoms with Gasteiger partial charge in [-0.15, -0.1) is 0 Å². The van der Waals surface area contributed by atoms with Gasteiger partial charge in [-0.25, -0.2) is 8.42 Å². The van der Waals surface area contributed by atoms with Crippen LogP contribution in [0.3, 0.4) is 0 Å². The van der Waals surface area contributed by atoms with Gasteiger partial charge in [0.25, 0.3) is 10.0 Å². The number of hydrogen-bond acceptors (Lipinski definition) is 4. The summed E-state index contributed by atoms with van der Waals surface area (Å²) < 4.78 is 28.3. The number of nitrogens with zero attached hydrogens (tertiary/aromatic N) is 2. The van der Waals surface area contributed by atoms with Crippen molar-refractivity contribution in [3.8, 4) is 0 Å². The SMILES string of the molecule is CC[C@@H](C(=O)NC)N(Cc1ccccc1Cl)C(=O)CN(c1cccc(Cl)c1)S(=O)(=O)c1ccccc1. The molecule has 0 aliphatic rings. The van der Waals surface area contributed by atoms with Crippen molar-refractivity contribution in [3.05, 3.63) is 94.5 Å². The average Bonchev–Trinajstić information content (AvgIpc) is 2.88. The zero-order valence-electron chi connectivity index (χ0n) is 19.9. The molecular formula is C26H27Cl2N3O4S. The number of sulfonamides is 1. The predicted molar refractivity (Wildman–Crippen MR) is 143 cm³/mol. The van der Waals surface area contributed by atoms with Gasteiger partial charge in [0.15, 0.2) is 0 Å². The molecule has 2 amide bonds. The Morgan fingerprint density at radius 2 is 1.61 bits per heavy atom. The van der Waals surface area contributed by atoms with E-state index in [1.54, 1.807) is 67.6 Å². The quantitative estimate of drug-likeness (QED) is 0.397. The highest BCUT2D eigenvalue weighted by Gasteiger charge is 2.33. The van der Waals surface area contributed by atoms with Crippen LogP contribution in [0, 0.1) is 0 Å². The lowest BCUT2D eigenvalue weighted by atomic mass is 10.1. The van der Waals surface area contributed by atoms with Crippen molar-refractivity contribution >= 4 is 50.7 Å². The molecule has 1 N–H and O–H groups in total. The van der Waals surface area contributed by atoms with Crippen molar-refractivity contribution in [1.82, 2.24) is 10.2 Å². The Morgan fingerprint density at radius 3 is 2.22 bits per heavy atom. The first-order chi connectivity index (χ1) is 17.2. The zero-order valence-corrected chi connectivity index (χ0v) is 22.2. The number of nitrogens with one attached hydrogen (secondary N) is 1. The van der Waals surface area contributed by atoms with E-state index in [9.17, 15) is 18.0 Å². The second-order valence-corrected chi connectivity index (χ2v) is 10.7. The molecule has 36 heavy (non-hydrogen) atoms. The number of carbonyl (C=O) groups is 2. The molecule has 7 nitrogen and oxygen atoms in total. The highest BCUT2D eigenvalue weighted by molar-refractivity contribution is 7.92. The Bertz CT molecular complexity index is 1320. The largest absolute Gasteiger partial charge is 0.357 e. The van der Waals surface area contributed by atoms with Gasteiger partial charge in [0, 0.05) is 23.6 Å². The molecule has 0 saturated carbocycles. The first-order valence-electron chi connectivity index (χ1n) is 11.3. The van der Waals surface area contributed by atoms with E-state index in [4.69, 9.17) is 23.2 Å². The van der Waals surface area contributed by atoms with Crippen molar-refractivity contribution in [3.63, 3.8) is 0 Å². The molecule has 1 atom stereocenters. The molecule has 0 saturated heterocycles. The standard InChI is InChI=1S/C26H27Cl2N3O4S/c1-3-24(26(33)29-2)30(17-19-10-7-8-15-23(19)28)25(32)18-31(21-12-9-11-20(27)16-21)36(34,35)22-13-5-4-6-14-22/h4-16,24H,3,17-18H2,1-2H3,(H,29,33)/t24-/m0/s1. The van der Waals surface area contributed by atoms with Gasteiger partial charge in [-0.2, -0.15) is 0 Å². The monoisotopic (exact) mass is 547 g/mol. The van der Waals surface area contributed by atoms with Crippen LogP contribution in [0.1, 0.15) is 18.9 Å². The van der Waals surface area contributed by atoms with Crippen molar-refractivity contribution in [2.75, 3.05) is 17.9 Å². The van der Waals surface area contributed by atoms with Crippen LogP contribution in [0.5, 0.6) is 0 Å². The normalized spacial score (nSPS) is 12.0. The number of likely N-dealkylation sites (N-methyl/N-ethyl adjacent to an activating group) is 1. The number of rotatable bonds is 10. The van der Waals surface area contributed by atoms with Gasteiger partial charge < -0.3 is 10.2 Å². The van der Waals surface area contributed by atoms with E-state index in [0.717, 1.165) is 4.31 Å². The smallest absolute Gasteiger partial charge is 0.264 e. The number of amides is 2. The van der Waals surface area contributed by atoms with Crippen LogP contribution in [0.15, 0.2) is 83.8 Å². The van der Waals surface area contributed by atoms with Gasteiger partial charge in [-0.3, -0.25) is 13.9 Å². The van der Waals surface area contributed by atoms with E-state index < -0.39 is 28.5 Å². The van der Waals surface area contributed by atoms with Crippen molar-refractivity contribution in [1.29, 1.82) is 0 Å². The van der Waals surface area contributed by atoms with Crippen molar-refractivity contribution in [2.45, 2.75) is 30.8 Å². The lowest BCUT2D eigenvalue weighted by molar-refractivity contribution is -0.140. The second kappa shape index (κ2) is 12.3. The fourth-order valence-electron chi connectivity index (χ4n) is 3.78. The molecule has 0 unspecified atom stereocenters. The molecule has 3 aromatic carbocycles. The number of anilines is 1. The van der Waals surface area contributed by atoms with E-state index in [2.05, 4.69) is 5.32 Å². The highest BCUT2D eigenvalue weighted by Crippen LogP contribution is 2.27. The second-order valence-electron chi connectivity index (χ2n) is 7.96. The van der Waals surface area contributed by atoms with Crippen molar-refractivity contribution in [2.24, 2.45) is 0 Å². The van der Waals surface area contributed by atoms with E-state index in [1.807, 2.05) is 0 Å². The fraction of sp³-hybridized carbons (Fsp3) is 0.231. The maximum Gasteiger partial charge on any atom is 0.264 e. The summed E-state index contributed by atoms with van der Waals surface area (Å²) in [5, 5.41) is 3.34. The van der Waals surface area contributed by atoms with Crippen LogP contribution >= 0.6 is 23.2 Å². The Balaban J connectivity index is 2.06. The fourth-order valence-corrected chi connectivity index (χ4v) is 5.58.